The fraction of sp³-hybridized carbons (Fsp3) is 0.286. The summed E-state index contributed by atoms with van der Waals surface area (Å²) < 4.78 is 13.2. The summed E-state index contributed by atoms with van der Waals surface area (Å²) in [5, 5.41) is 4.61. The maximum absolute atomic E-state index is 11.5. The third kappa shape index (κ3) is 2.56. The molecule has 0 saturated heterocycles. The summed E-state index contributed by atoms with van der Waals surface area (Å²) in [7, 11) is -1.21. The molecule has 3 heterocycles. The molecule has 0 bridgehead atoms. The summed E-state index contributed by atoms with van der Waals surface area (Å²) in [6.07, 6.45) is 6.85. The van der Waals surface area contributed by atoms with Crippen LogP contribution >= 0.6 is 0 Å². The van der Waals surface area contributed by atoms with Crippen LogP contribution in [0, 0.1) is 0 Å². The van der Waals surface area contributed by atoms with E-state index in [4.69, 9.17) is 0 Å². The van der Waals surface area contributed by atoms with Gasteiger partial charge in [0.25, 0.3) is 0 Å². The Labute approximate surface area is 124 Å². The van der Waals surface area contributed by atoms with Crippen molar-refractivity contribution in [2.45, 2.75) is 24.9 Å². The molecule has 0 fully saturated rings. The Balaban J connectivity index is 2.14. The Morgan fingerprint density at radius 1 is 1.19 bits per heavy atom. The van der Waals surface area contributed by atoms with Crippen molar-refractivity contribution in [2.75, 3.05) is 6.26 Å². The van der Waals surface area contributed by atoms with Gasteiger partial charge in [0, 0.05) is 24.2 Å². The van der Waals surface area contributed by atoms with E-state index in [1.165, 1.54) is 0 Å². The van der Waals surface area contributed by atoms with Crippen LogP contribution in [0.3, 0.4) is 0 Å². The van der Waals surface area contributed by atoms with Crippen LogP contribution in [0.25, 0.3) is 17.0 Å². The van der Waals surface area contributed by atoms with Crippen molar-refractivity contribution in [1.82, 2.24) is 24.6 Å². The van der Waals surface area contributed by atoms with Crippen LogP contribution in [-0.2, 0) is 10.8 Å². The van der Waals surface area contributed by atoms with Crippen LogP contribution in [0.15, 0.2) is 35.9 Å². The second-order valence-electron chi connectivity index (χ2n) is 5.01. The lowest BCUT2D eigenvalue weighted by Gasteiger charge is -2.05. The molecular formula is C14H15N5OS. The van der Waals surface area contributed by atoms with Crippen LogP contribution in [-0.4, -0.2) is 35.0 Å². The first kappa shape index (κ1) is 13.8. The number of hydrogen-bond acceptors (Lipinski definition) is 5. The Hall–Kier alpha value is -2.15. The SMILES string of the molecule is CC(C)c1cnn2ccc(-c3ccnc(S(C)=O)n3)nc12. The van der Waals surface area contributed by atoms with E-state index in [0.29, 0.717) is 16.8 Å². The quantitative estimate of drug-likeness (QED) is 0.692. The van der Waals surface area contributed by atoms with Gasteiger partial charge >= 0.3 is 0 Å². The van der Waals surface area contributed by atoms with Gasteiger partial charge in [-0.1, -0.05) is 13.8 Å². The van der Waals surface area contributed by atoms with Gasteiger partial charge in [-0.2, -0.15) is 5.10 Å². The molecule has 3 aromatic heterocycles. The van der Waals surface area contributed by atoms with Crippen molar-refractivity contribution in [2.24, 2.45) is 0 Å². The molecule has 3 rings (SSSR count). The van der Waals surface area contributed by atoms with Gasteiger partial charge in [-0.3, -0.25) is 4.21 Å². The first-order valence-corrected chi connectivity index (χ1v) is 8.13. The number of aromatic nitrogens is 5. The van der Waals surface area contributed by atoms with E-state index in [-0.39, 0.29) is 0 Å². The topological polar surface area (TPSA) is 73.0 Å². The van der Waals surface area contributed by atoms with Crippen LogP contribution in [0.4, 0.5) is 0 Å². The number of hydrogen-bond donors (Lipinski definition) is 0. The largest absolute Gasteiger partial charge is 0.251 e. The van der Waals surface area contributed by atoms with Gasteiger partial charge in [0.1, 0.15) is 0 Å². The highest BCUT2D eigenvalue weighted by Crippen LogP contribution is 2.21. The molecule has 3 aromatic rings. The highest BCUT2D eigenvalue weighted by atomic mass is 32.2. The van der Waals surface area contributed by atoms with E-state index in [0.717, 1.165) is 16.9 Å². The Morgan fingerprint density at radius 3 is 2.67 bits per heavy atom. The normalized spacial score (nSPS) is 13.0. The second-order valence-corrected chi connectivity index (χ2v) is 6.29. The number of rotatable bonds is 3. The standard InChI is InChI=1S/C14H15N5OS/c1-9(2)10-8-16-19-7-5-12(17-13(10)19)11-4-6-15-14(18-11)21(3)20/h4-9H,1-3H3. The third-order valence-corrected chi connectivity index (χ3v) is 3.88. The van der Waals surface area contributed by atoms with Crippen LogP contribution in [0.2, 0.25) is 0 Å². The number of fused-ring (bicyclic) bond motifs is 1. The van der Waals surface area contributed by atoms with Crippen molar-refractivity contribution < 1.29 is 4.21 Å². The first-order chi connectivity index (χ1) is 10.1. The lowest BCUT2D eigenvalue weighted by Crippen LogP contribution is -2.00. The minimum absolute atomic E-state index is 0.312. The van der Waals surface area contributed by atoms with Gasteiger partial charge in [-0.05, 0) is 18.1 Å². The summed E-state index contributed by atoms with van der Waals surface area (Å²) in [5.41, 5.74) is 3.29. The average Bonchev–Trinajstić information content (AvgIpc) is 2.90. The van der Waals surface area contributed by atoms with E-state index < -0.39 is 10.8 Å². The maximum Gasteiger partial charge on any atom is 0.218 e. The molecule has 0 amide bonds. The summed E-state index contributed by atoms with van der Waals surface area (Å²) in [6.45, 7) is 4.21. The molecule has 1 atom stereocenters. The monoisotopic (exact) mass is 301 g/mol. The number of nitrogens with zero attached hydrogens (tertiary/aromatic N) is 5. The van der Waals surface area contributed by atoms with Gasteiger partial charge in [-0.15, -0.1) is 0 Å². The van der Waals surface area contributed by atoms with Crippen LogP contribution in [0.5, 0.6) is 0 Å². The minimum Gasteiger partial charge on any atom is -0.251 e. The fourth-order valence-corrected chi connectivity index (χ4v) is 2.49. The third-order valence-electron chi connectivity index (χ3n) is 3.17. The zero-order valence-corrected chi connectivity index (χ0v) is 12.8. The molecule has 0 spiro atoms. The lowest BCUT2D eigenvalue weighted by molar-refractivity contribution is 0.680. The average molecular weight is 301 g/mol. The van der Waals surface area contributed by atoms with E-state index in [1.54, 1.807) is 23.0 Å². The highest BCUT2D eigenvalue weighted by molar-refractivity contribution is 7.84. The Morgan fingerprint density at radius 2 is 1.95 bits per heavy atom. The van der Waals surface area contributed by atoms with Gasteiger partial charge in [0.15, 0.2) is 5.65 Å². The van der Waals surface area contributed by atoms with E-state index >= 15 is 0 Å². The molecule has 108 valence electrons. The Bertz CT molecular complexity index is 827. The second kappa shape index (κ2) is 5.33. The van der Waals surface area contributed by atoms with Crippen LogP contribution < -0.4 is 0 Å². The zero-order valence-electron chi connectivity index (χ0n) is 12.0. The van der Waals surface area contributed by atoms with E-state index in [1.807, 2.05) is 18.5 Å². The molecular weight excluding hydrogens is 286 g/mol. The van der Waals surface area contributed by atoms with E-state index in [2.05, 4.69) is 33.9 Å². The first-order valence-electron chi connectivity index (χ1n) is 6.57. The fourth-order valence-electron chi connectivity index (χ4n) is 2.06. The molecule has 0 saturated carbocycles. The van der Waals surface area contributed by atoms with Gasteiger partial charge in [-0.25, -0.2) is 19.5 Å². The molecule has 0 N–H and O–H groups in total. The molecule has 0 aliphatic heterocycles. The predicted octanol–water partition coefficient (Wildman–Crippen LogP) is 2.05. The van der Waals surface area contributed by atoms with Crippen molar-refractivity contribution in [1.29, 1.82) is 0 Å². The zero-order chi connectivity index (χ0) is 15.0. The maximum atomic E-state index is 11.5. The van der Waals surface area contributed by atoms with Crippen LogP contribution in [0.1, 0.15) is 25.3 Å². The minimum atomic E-state index is -1.21. The highest BCUT2D eigenvalue weighted by Gasteiger charge is 2.12. The molecule has 6 nitrogen and oxygen atoms in total. The van der Waals surface area contributed by atoms with Gasteiger partial charge < -0.3 is 0 Å². The molecule has 0 aliphatic rings. The molecule has 7 heteroatoms. The summed E-state index contributed by atoms with van der Waals surface area (Å²) in [6, 6.07) is 3.61. The summed E-state index contributed by atoms with van der Waals surface area (Å²) >= 11 is 0. The smallest absolute Gasteiger partial charge is 0.218 e. The molecule has 1 unspecified atom stereocenters. The molecule has 0 radical (unpaired) electrons. The van der Waals surface area contributed by atoms with Crippen molar-refractivity contribution in [3.63, 3.8) is 0 Å². The predicted molar refractivity (Wildman–Crippen MR) is 80.4 cm³/mol. The summed E-state index contributed by atoms with van der Waals surface area (Å²) in [4.78, 5) is 12.9. The molecule has 0 aliphatic carbocycles. The van der Waals surface area contributed by atoms with E-state index in [9.17, 15) is 4.21 Å². The van der Waals surface area contributed by atoms with Crippen molar-refractivity contribution in [3.8, 4) is 11.4 Å². The van der Waals surface area contributed by atoms with Crippen molar-refractivity contribution in [3.05, 3.63) is 36.3 Å². The Kier molecular flexibility index (Phi) is 3.50. The molecule has 21 heavy (non-hydrogen) atoms. The van der Waals surface area contributed by atoms with Gasteiger partial charge in [0.05, 0.1) is 28.4 Å². The summed E-state index contributed by atoms with van der Waals surface area (Å²) in [5.74, 6) is 0.342. The lowest BCUT2D eigenvalue weighted by atomic mass is 10.1. The molecule has 0 aromatic carbocycles. The van der Waals surface area contributed by atoms with Gasteiger partial charge in [0.2, 0.25) is 5.16 Å². The van der Waals surface area contributed by atoms with Crippen molar-refractivity contribution >= 4 is 16.4 Å².